The van der Waals surface area contributed by atoms with Crippen LogP contribution in [0.1, 0.15) is 31.0 Å². The fourth-order valence-corrected chi connectivity index (χ4v) is 3.72. The number of fused-ring (bicyclic) bond motifs is 1. The van der Waals surface area contributed by atoms with Gasteiger partial charge in [-0.2, -0.15) is 5.10 Å². The Kier molecular flexibility index (Phi) is 5.43. The number of likely N-dealkylation sites (N-methyl/N-ethyl adjacent to an activating group) is 1. The van der Waals surface area contributed by atoms with E-state index in [1.54, 1.807) is 0 Å². The maximum absolute atomic E-state index is 4.77. The number of piperazine rings is 1. The van der Waals surface area contributed by atoms with Crippen LogP contribution in [0.5, 0.6) is 0 Å². The minimum Gasteiger partial charge on any atom is -0.369 e. The van der Waals surface area contributed by atoms with E-state index >= 15 is 0 Å². The molecule has 148 valence electrons. The molecule has 1 fully saturated rings. The Labute approximate surface area is 167 Å². The van der Waals surface area contributed by atoms with Crippen molar-refractivity contribution in [1.29, 1.82) is 0 Å². The third kappa shape index (κ3) is 4.09. The van der Waals surface area contributed by atoms with E-state index in [1.807, 2.05) is 18.3 Å². The highest BCUT2D eigenvalue weighted by molar-refractivity contribution is 6.00. The molecule has 1 aromatic heterocycles. The van der Waals surface area contributed by atoms with Gasteiger partial charge < -0.3 is 15.1 Å². The quantitative estimate of drug-likeness (QED) is 0.862. The zero-order chi connectivity index (χ0) is 19.5. The van der Waals surface area contributed by atoms with E-state index in [2.05, 4.69) is 63.4 Å². The van der Waals surface area contributed by atoms with Crippen molar-refractivity contribution in [2.45, 2.75) is 26.3 Å². The van der Waals surface area contributed by atoms with Crippen molar-refractivity contribution in [2.75, 3.05) is 50.5 Å². The Bertz CT molecular complexity index is 838. The zero-order valence-electron chi connectivity index (χ0n) is 17.0. The average molecular weight is 380 g/mol. The molecular formula is C21H29N7. The number of aromatic nitrogens is 2. The Hall–Kier alpha value is -2.67. The first kappa shape index (κ1) is 18.7. The molecule has 0 unspecified atom stereocenters. The summed E-state index contributed by atoms with van der Waals surface area (Å²) in [7, 11) is 4.17. The number of hydrogen-bond acceptors (Lipinski definition) is 7. The van der Waals surface area contributed by atoms with Crippen LogP contribution in [0.2, 0.25) is 0 Å². The molecule has 7 nitrogen and oxygen atoms in total. The van der Waals surface area contributed by atoms with Crippen LogP contribution in [0.3, 0.4) is 0 Å². The van der Waals surface area contributed by atoms with E-state index in [9.17, 15) is 0 Å². The predicted octanol–water partition coefficient (Wildman–Crippen LogP) is 2.92. The highest BCUT2D eigenvalue weighted by Crippen LogP contribution is 2.23. The Morgan fingerprint density at radius 2 is 1.79 bits per heavy atom. The summed E-state index contributed by atoms with van der Waals surface area (Å²) in [5.74, 6) is 0.624. The fourth-order valence-electron chi connectivity index (χ4n) is 3.72. The number of nitrogens with one attached hydrogen (secondary N) is 1. The zero-order valence-corrected chi connectivity index (χ0v) is 17.0. The molecule has 4 rings (SSSR count). The van der Waals surface area contributed by atoms with Crippen molar-refractivity contribution in [1.82, 2.24) is 19.9 Å². The molecule has 2 aliphatic heterocycles. The summed E-state index contributed by atoms with van der Waals surface area (Å²) in [6.45, 7) is 7.29. The Morgan fingerprint density at radius 3 is 2.50 bits per heavy atom. The van der Waals surface area contributed by atoms with Crippen molar-refractivity contribution in [2.24, 2.45) is 5.10 Å². The number of nitrogens with zero attached hydrogens (tertiary/aromatic N) is 6. The number of hydrogen-bond donors (Lipinski definition) is 1. The van der Waals surface area contributed by atoms with Crippen molar-refractivity contribution < 1.29 is 0 Å². The van der Waals surface area contributed by atoms with Gasteiger partial charge in [0.15, 0.2) is 0 Å². The first-order valence-electron chi connectivity index (χ1n) is 10.1. The van der Waals surface area contributed by atoms with Gasteiger partial charge in [0.2, 0.25) is 5.95 Å². The standard InChI is InChI=1S/C21H29N7/c1-4-5-19-20-16(15-27(3)25-19)14-22-21(24-20)23-17-6-8-18(9-7-17)28-12-10-26(2)11-13-28/h6-9,14H,4-5,10-13,15H2,1-3H3,(H,22,23,24). The van der Waals surface area contributed by atoms with E-state index in [-0.39, 0.29) is 0 Å². The van der Waals surface area contributed by atoms with Crippen LogP contribution in [0.15, 0.2) is 35.6 Å². The number of hydrazone groups is 1. The summed E-state index contributed by atoms with van der Waals surface area (Å²) in [5.41, 5.74) is 5.43. The van der Waals surface area contributed by atoms with Gasteiger partial charge >= 0.3 is 0 Å². The van der Waals surface area contributed by atoms with E-state index in [1.165, 1.54) is 5.69 Å². The SMILES string of the molecule is CCCC1=NN(C)Cc2cnc(Nc3ccc(N4CCN(C)CC4)cc3)nc21. The molecule has 1 aromatic carbocycles. The van der Waals surface area contributed by atoms with Crippen LogP contribution in [0.25, 0.3) is 0 Å². The van der Waals surface area contributed by atoms with E-state index < -0.39 is 0 Å². The van der Waals surface area contributed by atoms with Crippen LogP contribution in [0, 0.1) is 0 Å². The van der Waals surface area contributed by atoms with Gasteiger partial charge in [-0.15, -0.1) is 0 Å². The van der Waals surface area contributed by atoms with Crippen molar-refractivity contribution in [3.63, 3.8) is 0 Å². The molecule has 28 heavy (non-hydrogen) atoms. The Balaban J connectivity index is 1.48. The fraction of sp³-hybridized carbons (Fsp3) is 0.476. The van der Waals surface area contributed by atoms with Gasteiger partial charge in [-0.1, -0.05) is 13.3 Å². The summed E-state index contributed by atoms with van der Waals surface area (Å²) in [6.07, 6.45) is 3.89. The molecule has 0 atom stereocenters. The highest BCUT2D eigenvalue weighted by atomic mass is 15.4. The molecule has 0 spiro atoms. The lowest BCUT2D eigenvalue weighted by atomic mass is 10.1. The molecule has 0 radical (unpaired) electrons. The molecule has 7 heteroatoms. The lowest BCUT2D eigenvalue weighted by Gasteiger charge is -2.34. The second kappa shape index (κ2) is 8.14. The molecule has 0 bridgehead atoms. The molecule has 1 saturated heterocycles. The molecule has 2 aromatic rings. The molecule has 3 heterocycles. The van der Waals surface area contributed by atoms with Crippen molar-refractivity contribution in [3.05, 3.63) is 41.7 Å². The molecule has 0 saturated carbocycles. The number of rotatable bonds is 5. The van der Waals surface area contributed by atoms with Crippen molar-refractivity contribution >= 4 is 23.0 Å². The molecular weight excluding hydrogens is 350 g/mol. The molecule has 1 N–H and O–H groups in total. The van der Waals surface area contributed by atoms with Crippen LogP contribution in [0.4, 0.5) is 17.3 Å². The third-order valence-electron chi connectivity index (χ3n) is 5.31. The van der Waals surface area contributed by atoms with Gasteiger partial charge in [-0.05, 0) is 37.7 Å². The van der Waals surface area contributed by atoms with E-state index in [4.69, 9.17) is 4.98 Å². The highest BCUT2D eigenvalue weighted by Gasteiger charge is 2.19. The monoisotopic (exact) mass is 379 g/mol. The first-order valence-corrected chi connectivity index (χ1v) is 10.1. The summed E-state index contributed by atoms with van der Waals surface area (Å²) in [6, 6.07) is 8.55. The van der Waals surface area contributed by atoms with Crippen LogP contribution in [-0.2, 0) is 6.54 Å². The largest absolute Gasteiger partial charge is 0.369 e. The van der Waals surface area contributed by atoms with Crippen LogP contribution < -0.4 is 10.2 Å². The summed E-state index contributed by atoms with van der Waals surface area (Å²) >= 11 is 0. The van der Waals surface area contributed by atoms with Gasteiger partial charge in [0, 0.05) is 56.4 Å². The lowest BCUT2D eigenvalue weighted by molar-refractivity contribution is 0.313. The minimum absolute atomic E-state index is 0.624. The second-order valence-electron chi connectivity index (χ2n) is 7.64. The maximum Gasteiger partial charge on any atom is 0.227 e. The maximum atomic E-state index is 4.77. The first-order chi connectivity index (χ1) is 13.6. The van der Waals surface area contributed by atoms with Gasteiger partial charge in [0.1, 0.15) is 0 Å². The Morgan fingerprint density at radius 1 is 1.04 bits per heavy atom. The smallest absolute Gasteiger partial charge is 0.227 e. The molecule has 2 aliphatic rings. The molecule has 0 amide bonds. The summed E-state index contributed by atoms with van der Waals surface area (Å²) < 4.78 is 0. The number of anilines is 3. The van der Waals surface area contributed by atoms with Gasteiger partial charge in [0.25, 0.3) is 0 Å². The molecule has 0 aliphatic carbocycles. The van der Waals surface area contributed by atoms with Gasteiger partial charge in [0.05, 0.1) is 18.0 Å². The lowest BCUT2D eigenvalue weighted by Crippen LogP contribution is -2.44. The van der Waals surface area contributed by atoms with Gasteiger partial charge in [-0.3, -0.25) is 5.01 Å². The van der Waals surface area contributed by atoms with Crippen LogP contribution in [-0.4, -0.2) is 65.9 Å². The normalized spacial score (nSPS) is 17.3. The average Bonchev–Trinajstić information content (AvgIpc) is 2.70. The van der Waals surface area contributed by atoms with E-state index in [0.29, 0.717) is 5.95 Å². The van der Waals surface area contributed by atoms with E-state index in [0.717, 1.165) is 68.2 Å². The van der Waals surface area contributed by atoms with Gasteiger partial charge in [-0.25, -0.2) is 9.97 Å². The predicted molar refractivity (Wildman–Crippen MR) is 114 cm³/mol. The van der Waals surface area contributed by atoms with Crippen molar-refractivity contribution in [3.8, 4) is 0 Å². The van der Waals surface area contributed by atoms with Crippen LogP contribution >= 0.6 is 0 Å². The second-order valence-corrected chi connectivity index (χ2v) is 7.64. The summed E-state index contributed by atoms with van der Waals surface area (Å²) in [5, 5.41) is 9.96. The minimum atomic E-state index is 0.624. The summed E-state index contributed by atoms with van der Waals surface area (Å²) in [4.78, 5) is 14.1. The third-order valence-corrected chi connectivity index (χ3v) is 5.31. The number of benzene rings is 1. The topological polar surface area (TPSA) is 59.9 Å².